The number of anilines is 1. The number of aliphatic hydroxyl groups excluding tert-OH is 1. The zero-order valence-corrected chi connectivity index (χ0v) is 14.2. The molecule has 1 aromatic heterocycles. The van der Waals surface area contributed by atoms with E-state index in [2.05, 4.69) is 5.32 Å². The summed E-state index contributed by atoms with van der Waals surface area (Å²) in [4.78, 5) is 14.5. The molecule has 132 valence electrons. The second kappa shape index (κ2) is 8.53. The molecule has 1 unspecified atom stereocenters. The lowest BCUT2D eigenvalue weighted by atomic mass is 9.98. The standard InChI is InChI=1S/C20H24N2O3/c23-15-16-5-3-11-22(14-16)20(24)17-6-1-7-18(13-17)21-10-2-8-19-9-4-12-25-19/h1-2,4,6-9,12-13,16,21,23H,3,5,10-11,14-15H2/b8-2+. The molecular weight excluding hydrogens is 316 g/mol. The van der Waals surface area contributed by atoms with Gasteiger partial charge in [0.05, 0.1) is 6.26 Å². The maximum Gasteiger partial charge on any atom is 0.253 e. The molecule has 3 rings (SSSR count). The van der Waals surface area contributed by atoms with E-state index in [9.17, 15) is 9.90 Å². The van der Waals surface area contributed by atoms with Crippen LogP contribution in [0.15, 0.2) is 53.2 Å². The number of furan rings is 1. The quantitative estimate of drug-likeness (QED) is 0.847. The van der Waals surface area contributed by atoms with E-state index in [0.717, 1.165) is 30.8 Å². The second-order valence-corrected chi connectivity index (χ2v) is 6.32. The van der Waals surface area contributed by atoms with Crippen LogP contribution in [0.3, 0.4) is 0 Å². The molecule has 1 fully saturated rings. The molecule has 5 heteroatoms. The molecule has 1 aromatic carbocycles. The largest absolute Gasteiger partial charge is 0.465 e. The molecule has 2 N–H and O–H groups in total. The van der Waals surface area contributed by atoms with Crippen molar-refractivity contribution in [1.29, 1.82) is 0 Å². The van der Waals surface area contributed by atoms with E-state index in [4.69, 9.17) is 4.42 Å². The Kier molecular flexibility index (Phi) is 5.90. The third-order valence-corrected chi connectivity index (χ3v) is 4.42. The van der Waals surface area contributed by atoms with Crippen molar-refractivity contribution in [3.8, 4) is 0 Å². The summed E-state index contributed by atoms with van der Waals surface area (Å²) in [5, 5.41) is 12.6. The van der Waals surface area contributed by atoms with Crippen molar-refractivity contribution < 1.29 is 14.3 Å². The predicted octanol–water partition coefficient (Wildman–Crippen LogP) is 3.25. The first kappa shape index (κ1) is 17.3. The lowest BCUT2D eigenvalue weighted by molar-refractivity contribution is 0.0621. The van der Waals surface area contributed by atoms with E-state index in [-0.39, 0.29) is 18.4 Å². The Labute approximate surface area is 148 Å². The first-order valence-corrected chi connectivity index (χ1v) is 8.70. The highest BCUT2D eigenvalue weighted by Crippen LogP contribution is 2.19. The topological polar surface area (TPSA) is 65.7 Å². The summed E-state index contributed by atoms with van der Waals surface area (Å²) in [6, 6.07) is 11.3. The lowest BCUT2D eigenvalue weighted by Crippen LogP contribution is -2.40. The van der Waals surface area contributed by atoms with Gasteiger partial charge in [-0.25, -0.2) is 0 Å². The minimum Gasteiger partial charge on any atom is -0.465 e. The van der Waals surface area contributed by atoms with E-state index in [1.165, 1.54) is 0 Å². The molecular formula is C20H24N2O3. The number of rotatable bonds is 6. The number of carbonyl (C=O) groups is 1. The van der Waals surface area contributed by atoms with Crippen molar-refractivity contribution >= 4 is 17.7 Å². The number of hydrogen-bond acceptors (Lipinski definition) is 4. The second-order valence-electron chi connectivity index (χ2n) is 6.32. The number of likely N-dealkylation sites (tertiary alicyclic amines) is 1. The smallest absolute Gasteiger partial charge is 0.253 e. The summed E-state index contributed by atoms with van der Waals surface area (Å²) in [5.74, 6) is 1.05. The number of piperidine rings is 1. The third kappa shape index (κ3) is 4.73. The van der Waals surface area contributed by atoms with Gasteiger partial charge in [0.1, 0.15) is 5.76 Å². The van der Waals surface area contributed by atoms with E-state index in [1.807, 2.05) is 53.5 Å². The van der Waals surface area contributed by atoms with Gasteiger partial charge in [-0.2, -0.15) is 0 Å². The Balaban J connectivity index is 1.58. The van der Waals surface area contributed by atoms with Crippen LogP contribution in [0.5, 0.6) is 0 Å². The SMILES string of the molecule is O=C(c1cccc(NC/C=C/c2ccco2)c1)N1CCCC(CO)C1. The van der Waals surface area contributed by atoms with Crippen molar-refractivity contribution in [3.05, 3.63) is 60.1 Å². The van der Waals surface area contributed by atoms with Crippen molar-refractivity contribution in [1.82, 2.24) is 4.90 Å². The van der Waals surface area contributed by atoms with Crippen LogP contribution < -0.4 is 5.32 Å². The van der Waals surface area contributed by atoms with Crippen LogP contribution in [0, 0.1) is 5.92 Å². The van der Waals surface area contributed by atoms with E-state index >= 15 is 0 Å². The fraction of sp³-hybridized carbons (Fsp3) is 0.350. The molecule has 5 nitrogen and oxygen atoms in total. The van der Waals surface area contributed by atoms with Gasteiger partial charge in [-0.3, -0.25) is 4.79 Å². The van der Waals surface area contributed by atoms with Crippen molar-refractivity contribution in [2.75, 3.05) is 31.6 Å². The normalized spacial score (nSPS) is 17.8. The number of aliphatic hydroxyl groups is 1. The van der Waals surface area contributed by atoms with Gasteiger partial charge >= 0.3 is 0 Å². The Morgan fingerprint density at radius 1 is 1.36 bits per heavy atom. The maximum atomic E-state index is 12.7. The number of nitrogens with zero attached hydrogens (tertiary/aromatic N) is 1. The fourth-order valence-corrected chi connectivity index (χ4v) is 3.08. The third-order valence-electron chi connectivity index (χ3n) is 4.42. The fourth-order valence-electron chi connectivity index (χ4n) is 3.08. The van der Waals surface area contributed by atoms with Gasteiger partial charge < -0.3 is 19.7 Å². The Hall–Kier alpha value is -2.53. The lowest BCUT2D eigenvalue weighted by Gasteiger charge is -2.32. The molecule has 2 aromatic rings. The van der Waals surface area contributed by atoms with Gasteiger partial charge in [-0.05, 0) is 55.2 Å². The number of carbonyl (C=O) groups excluding carboxylic acids is 1. The molecule has 2 heterocycles. The van der Waals surface area contributed by atoms with E-state index in [0.29, 0.717) is 18.7 Å². The molecule has 1 aliphatic heterocycles. The van der Waals surface area contributed by atoms with Crippen LogP contribution in [0.1, 0.15) is 29.0 Å². The first-order chi connectivity index (χ1) is 12.3. The minimum atomic E-state index is 0.0351. The molecule has 1 amide bonds. The zero-order valence-electron chi connectivity index (χ0n) is 14.2. The van der Waals surface area contributed by atoms with Crippen LogP contribution in [0.25, 0.3) is 6.08 Å². The number of benzene rings is 1. The molecule has 0 aliphatic carbocycles. The summed E-state index contributed by atoms with van der Waals surface area (Å²) in [7, 11) is 0. The average molecular weight is 340 g/mol. The summed E-state index contributed by atoms with van der Waals surface area (Å²) >= 11 is 0. The monoisotopic (exact) mass is 340 g/mol. The molecule has 25 heavy (non-hydrogen) atoms. The van der Waals surface area contributed by atoms with E-state index in [1.54, 1.807) is 6.26 Å². The van der Waals surface area contributed by atoms with Crippen molar-refractivity contribution in [2.45, 2.75) is 12.8 Å². The zero-order chi connectivity index (χ0) is 17.5. The molecule has 1 saturated heterocycles. The maximum absolute atomic E-state index is 12.7. The Bertz CT molecular complexity index is 709. The highest BCUT2D eigenvalue weighted by Gasteiger charge is 2.24. The highest BCUT2D eigenvalue weighted by molar-refractivity contribution is 5.95. The van der Waals surface area contributed by atoms with E-state index < -0.39 is 0 Å². The van der Waals surface area contributed by atoms with Crippen molar-refractivity contribution in [2.24, 2.45) is 5.92 Å². The summed E-state index contributed by atoms with van der Waals surface area (Å²) < 4.78 is 5.24. The Morgan fingerprint density at radius 2 is 2.28 bits per heavy atom. The Morgan fingerprint density at radius 3 is 3.08 bits per heavy atom. The summed E-state index contributed by atoms with van der Waals surface area (Å²) in [5.41, 5.74) is 1.59. The minimum absolute atomic E-state index is 0.0351. The highest BCUT2D eigenvalue weighted by atomic mass is 16.3. The molecule has 0 spiro atoms. The van der Waals surface area contributed by atoms with Crippen LogP contribution >= 0.6 is 0 Å². The van der Waals surface area contributed by atoms with Gasteiger partial charge in [0.25, 0.3) is 5.91 Å². The number of amides is 1. The van der Waals surface area contributed by atoms with Gasteiger partial charge in [-0.1, -0.05) is 12.1 Å². The van der Waals surface area contributed by atoms with Crippen molar-refractivity contribution in [3.63, 3.8) is 0 Å². The van der Waals surface area contributed by atoms with Gasteiger partial charge in [-0.15, -0.1) is 0 Å². The van der Waals surface area contributed by atoms with Gasteiger partial charge in [0.15, 0.2) is 0 Å². The molecule has 0 radical (unpaired) electrons. The van der Waals surface area contributed by atoms with Gasteiger partial charge in [0.2, 0.25) is 0 Å². The van der Waals surface area contributed by atoms with Gasteiger partial charge in [0, 0.05) is 37.5 Å². The molecule has 0 saturated carbocycles. The van der Waals surface area contributed by atoms with Crippen LogP contribution in [0.2, 0.25) is 0 Å². The average Bonchev–Trinajstić information content (AvgIpc) is 3.18. The molecule has 1 aliphatic rings. The van der Waals surface area contributed by atoms with Crippen LogP contribution in [0.4, 0.5) is 5.69 Å². The molecule has 0 bridgehead atoms. The predicted molar refractivity (Wildman–Crippen MR) is 98.4 cm³/mol. The number of hydrogen-bond donors (Lipinski definition) is 2. The molecule has 1 atom stereocenters. The first-order valence-electron chi connectivity index (χ1n) is 8.70. The number of nitrogens with one attached hydrogen (secondary N) is 1. The van der Waals surface area contributed by atoms with Crippen LogP contribution in [-0.2, 0) is 0 Å². The summed E-state index contributed by atoms with van der Waals surface area (Å²) in [6.07, 6.45) is 7.47. The van der Waals surface area contributed by atoms with Crippen LogP contribution in [-0.4, -0.2) is 42.2 Å². The summed E-state index contributed by atoms with van der Waals surface area (Å²) in [6.45, 7) is 2.19.